The minimum atomic E-state index is -3.67. The van der Waals surface area contributed by atoms with Crippen LogP contribution in [0.1, 0.15) is 9.75 Å². The van der Waals surface area contributed by atoms with Crippen molar-refractivity contribution in [1.29, 1.82) is 0 Å². The number of aryl methyl sites for hydroxylation is 3. The second-order valence-electron chi connectivity index (χ2n) is 4.06. The molecule has 0 saturated carbocycles. The van der Waals surface area contributed by atoms with Gasteiger partial charge in [-0.15, -0.1) is 11.3 Å². The van der Waals surface area contributed by atoms with Gasteiger partial charge in [0.2, 0.25) is 0 Å². The summed E-state index contributed by atoms with van der Waals surface area (Å²) in [5.74, 6) is 0.116. The Hall–Kier alpha value is -1.67. The summed E-state index contributed by atoms with van der Waals surface area (Å²) in [5.41, 5.74) is -0.300. The highest BCUT2D eigenvalue weighted by atomic mass is 32.2. The fraction of sp³-hybridized carbons (Fsp3) is 0.273. The van der Waals surface area contributed by atoms with Crippen LogP contribution in [0.5, 0.6) is 0 Å². The van der Waals surface area contributed by atoms with E-state index < -0.39 is 10.0 Å². The third kappa shape index (κ3) is 2.85. The van der Waals surface area contributed by atoms with Crippen molar-refractivity contribution in [3.05, 3.63) is 38.3 Å². The molecule has 0 bridgehead atoms. The van der Waals surface area contributed by atoms with Gasteiger partial charge in [0, 0.05) is 22.9 Å². The van der Waals surface area contributed by atoms with Gasteiger partial charge >= 0.3 is 0 Å². The molecule has 0 saturated heterocycles. The van der Waals surface area contributed by atoms with E-state index in [4.69, 9.17) is 0 Å². The monoisotopic (exact) mass is 299 g/mol. The van der Waals surface area contributed by atoms with Gasteiger partial charge in [-0.05, 0) is 26.0 Å². The van der Waals surface area contributed by atoms with Crippen LogP contribution >= 0.6 is 11.3 Å². The summed E-state index contributed by atoms with van der Waals surface area (Å²) in [4.78, 5) is 13.1. The molecule has 2 aromatic heterocycles. The molecule has 0 spiro atoms. The topological polar surface area (TPSA) is 81.1 Å². The molecule has 0 atom stereocenters. The van der Waals surface area contributed by atoms with Crippen molar-refractivity contribution in [2.75, 3.05) is 4.72 Å². The molecular formula is C11H13N3O3S2. The van der Waals surface area contributed by atoms with E-state index in [0.29, 0.717) is 0 Å². The first-order valence-electron chi connectivity index (χ1n) is 5.44. The number of sulfonamides is 1. The van der Waals surface area contributed by atoms with E-state index in [0.717, 1.165) is 14.4 Å². The fourth-order valence-corrected chi connectivity index (χ4v) is 4.18. The van der Waals surface area contributed by atoms with E-state index in [9.17, 15) is 13.2 Å². The molecule has 102 valence electrons. The fourth-order valence-electron chi connectivity index (χ4n) is 1.62. The van der Waals surface area contributed by atoms with Gasteiger partial charge in [0.15, 0.2) is 5.82 Å². The summed E-state index contributed by atoms with van der Waals surface area (Å²) >= 11 is 1.42. The molecule has 1 N–H and O–H groups in total. The Kier molecular flexibility index (Phi) is 3.46. The van der Waals surface area contributed by atoms with Crippen LogP contribution in [0.4, 0.5) is 5.82 Å². The molecule has 0 radical (unpaired) electrons. The highest BCUT2D eigenvalue weighted by Crippen LogP contribution is 2.26. The molecule has 2 heterocycles. The predicted molar refractivity (Wildman–Crippen MR) is 74.1 cm³/mol. The van der Waals surface area contributed by atoms with E-state index >= 15 is 0 Å². The number of nitrogens with zero attached hydrogens (tertiary/aromatic N) is 2. The average molecular weight is 299 g/mol. The minimum Gasteiger partial charge on any atom is -0.268 e. The Morgan fingerprint density at radius 1 is 1.32 bits per heavy atom. The van der Waals surface area contributed by atoms with Gasteiger partial charge in [-0.25, -0.2) is 13.1 Å². The van der Waals surface area contributed by atoms with E-state index in [1.54, 1.807) is 13.0 Å². The van der Waals surface area contributed by atoms with Crippen LogP contribution in [0, 0.1) is 13.8 Å². The van der Waals surface area contributed by atoms with Gasteiger partial charge in [0.1, 0.15) is 4.90 Å². The van der Waals surface area contributed by atoms with Gasteiger partial charge < -0.3 is 0 Å². The molecule has 0 aromatic carbocycles. The Labute approximate surface area is 114 Å². The van der Waals surface area contributed by atoms with Crippen LogP contribution in [0.3, 0.4) is 0 Å². The zero-order chi connectivity index (χ0) is 14.2. The van der Waals surface area contributed by atoms with Crippen LogP contribution in [-0.2, 0) is 17.1 Å². The van der Waals surface area contributed by atoms with Crippen molar-refractivity contribution < 1.29 is 8.42 Å². The quantitative estimate of drug-likeness (QED) is 0.925. The zero-order valence-corrected chi connectivity index (χ0v) is 12.3. The maximum atomic E-state index is 12.2. The van der Waals surface area contributed by atoms with Crippen molar-refractivity contribution in [3.63, 3.8) is 0 Å². The molecule has 0 fully saturated rings. The number of nitrogens with one attached hydrogen (secondary N) is 1. The second kappa shape index (κ2) is 4.78. The van der Waals surface area contributed by atoms with Crippen molar-refractivity contribution in [2.45, 2.75) is 18.7 Å². The largest absolute Gasteiger partial charge is 0.268 e. The summed E-state index contributed by atoms with van der Waals surface area (Å²) in [6.45, 7) is 3.60. The lowest BCUT2D eigenvalue weighted by atomic mass is 10.4. The van der Waals surface area contributed by atoms with Crippen molar-refractivity contribution in [2.24, 2.45) is 7.05 Å². The van der Waals surface area contributed by atoms with Crippen LogP contribution in [0.2, 0.25) is 0 Å². The first kappa shape index (κ1) is 13.8. The van der Waals surface area contributed by atoms with E-state index in [2.05, 4.69) is 9.82 Å². The van der Waals surface area contributed by atoms with Crippen LogP contribution in [-0.4, -0.2) is 18.2 Å². The lowest BCUT2D eigenvalue weighted by Crippen LogP contribution is -2.21. The summed E-state index contributed by atoms with van der Waals surface area (Å²) in [6.07, 6.45) is 0. The van der Waals surface area contributed by atoms with E-state index in [-0.39, 0.29) is 16.3 Å². The Morgan fingerprint density at radius 3 is 2.53 bits per heavy atom. The maximum Gasteiger partial charge on any atom is 0.266 e. The predicted octanol–water partition coefficient (Wildman–Crippen LogP) is 1.26. The molecule has 8 heteroatoms. The number of hydrogen-bond donors (Lipinski definition) is 1. The molecule has 0 aliphatic heterocycles. The number of thiophene rings is 1. The van der Waals surface area contributed by atoms with Crippen LogP contribution < -0.4 is 10.3 Å². The number of aromatic nitrogens is 2. The molecular weight excluding hydrogens is 286 g/mol. The molecule has 0 aliphatic rings. The number of anilines is 1. The molecule has 6 nitrogen and oxygen atoms in total. The van der Waals surface area contributed by atoms with E-state index in [1.165, 1.54) is 30.5 Å². The Balaban J connectivity index is 2.39. The summed E-state index contributed by atoms with van der Waals surface area (Å²) in [7, 11) is -2.21. The highest BCUT2D eigenvalue weighted by Gasteiger charge is 2.19. The zero-order valence-electron chi connectivity index (χ0n) is 10.7. The highest BCUT2D eigenvalue weighted by molar-refractivity contribution is 7.93. The van der Waals surface area contributed by atoms with E-state index in [1.807, 2.05) is 6.92 Å². The summed E-state index contributed by atoms with van der Waals surface area (Å²) < 4.78 is 27.8. The Bertz CT molecular complexity index is 775. The first-order chi connectivity index (χ1) is 8.79. The smallest absolute Gasteiger partial charge is 0.266 e. The van der Waals surface area contributed by atoms with Gasteiger partial charge in [-0.3, -0.25) is 9.52 Å². The molecule has 0 aliphatic carbocycles. The summed E-state index contributed by atoms with van der Waals surface area (Å²) in [5, 5.41) is 3.84. The van der Waals surface area contributed by atoms with Crippen molar-refractivity contribution in [3.8, 4) is 0 Å². The molecule has 0 unspecified atom stereocenters. The third-order valence-electron chi connectivity index (χ3n) is 2.48. The van der Waals surface area contributed by atoms with Crippen molar-refractivity contribution >= 4 is 27.2 Å². The number of hydrogen-bond acceptors (Lipinski definition) is 5. The van der Waals surface area contributed by atoms with Crippen LogP contribution in [0.25, 0.3) is 0 Å². The first-order valence-corrected chi connectivity index (χ1v) is 7.74. The van der Waals surface area contributed by atoms with Crippen LogP contribution in [0.15, 0.2) is 27.9 Å². The molecule has 19 heavy (non-hydrogen) atoms. The standard InChI is InChI=1S/C11H13N3O3S2/c1-7-6-9(8(2)18-7)19(16,17)13-10-4-5-11(15)14(3)12-10/h4-6H,1-3H3,(H,12,13). The second-order valence-corrected chi connectivity index (χ2v) is 7.17. The normalized spacial score (nSPS) is 11.5. The molecule has 0 amide bonds. The lowest BCUT2D eigenvalue weighted by Gasteiger charge is -2.07. The lowest BCUT2D eigenvalue weighted by molar-refractivity contribution is 0.600. The summed E-state index contributed by atoms with van der Waals surface area (Å²) in [6, 6.07) is 4.22. The number of rotatable bonds is 3. The van der Waals surface area contributed by atoms with Gasteiger partial charge in [-0.2, -0.15) is 5.10 Å². The van der Waals surface area contributed by atoms with Crippen molar-refractivity contribution in [1.82, 2.24) is 9.78 Å². The van der Waals surface area contributed by atoms with Gasteiger partial charge in [0.05, 0.1) is 0 Å². The SMILES string of the molecule is Cc1cc(S(=O)(=O)Nc2ccc(=O)n(C)n2)c(C)s1. The average Bonchev–Trinajstić information content (AvgIpc) is 2.63. The molecule has 2 rings (SSSR count). The molecule has 2 aromatic rings. The Morgan fingerprint density at radius 2 is 2.00 bits per heavy atom. The van der Waals surface area contributed by atoms with Gasteiger partial charge in [-0.1, -0.05) is 0 Å². The third-order valence-corrected chi connectivity index (χ3v) is 5.06. The van der Waals surface area contributed by atoms with Gasteiger partial charge in [0.25, 0.3) is 15.6 Å². The maximum absolute atomic E-state index is 12.2. The minimum absolute atomic E-state index is 0.116.